The van der Waals surface area contributed by atoms with E-state index in [4.69, 9.17) is 21.1 Å². The maximum atomic E-state index is 12.5. The fourth-order valence-corrected chi connectivity index (χ4v) is 3.76. The number of hydrogen-bond donors (Lipinski definition) is 2. The van der Waals surface area contributed by atoms with E-state index in [0.717, 1.165) is 5.56 Å². The zero-order valence-electron chi connectivity index (χ0n) is 15.1. The predicted molar refractivity (Wildman–Crippen MR) is 107 cm³/mol. The molecular weight excluding hydrogens is 404 g/mol. The number of rotatable bonds is 7. The lowest BCUT2D eigenvalue weighted by molar-refractivity contribution is -0.113. The number of carbonyl (C=O) groups excluding carboxylic acids is 1. The number of fused-ring (bicyclic) bond motifs is 1. The van der Waals surface area contributed by atoms with Crippen molar-refractivity contribution in [3.63, 3.8) is 0 Å². The Hall–Kier alpha value is -2.39. The Morgan fingerprint density at radius 3 is 2.68 bits per heavy atom. The third kappa shape index (κ3) is 4.90. The van der Waals surface area contributed by atoms with E-state index >= 15 is 0 Å². The Morgan fingerprint density at radius 1 is 1.21 bits per heavy atom. The van der Waals surface area contributed by atoms with Gasteiger partial charge >= 0.3 is 0 Å². The van der Waals surface area contributed by atoms with E-state index in [1.165, 1.54) is 31.4 Å². The van der Waals surface area contributed by atoms with Crippen LogP contribution in [0.2, 0.25) is 5.02 Å². The van der Waals surface area contributed by atoms with E-state index in [9.17, 15) is 13.2 Å². The molecule has 0 aliphatic carbocycles. The van der Waals surface area contributed by atoms with E-state index in [2.05, 4.69) is 10.0 Å². The molecule has 0 saturated heterocycles. The average molecular weight is 423 g/mol. The van der Waals surface area contributed by atoms with Gasteiger partial charge in [-0.3, -0.25) is 4.79 Å². The van der Waals surface area contributed by atoms with Crippen LogP contribution in [0.25, 0.3) is 6.08 Å². The fourth-order valence-electron chi connectivity index (χ4n) is 2.57. The Morgan fingerprint density at radius 2 is 1.96 bits per heavy atom. The second-order valence-electron chi connectivity index (χ2n) is 6.01. The van der Waals surface area contributed by atoms with E-state index in [1.807, 2.05) is 0 Å². The molecule has 28 heavy (non-hydrogen) atoms. The molecule has 7 nitrogen and oxygen atoms in total. The first kappa shape index (κ1) is 20.3. The van der Waals surface area contributed by atoms with Crippen molar-refractivity contribution in [2.45, 2.75) is 4.90 Å². The van der Waals surface area contributed by atoms with Crippen molar-refractivity contribution in [2.75, 3.05) is 32.2 Å². The van der Waals surface area contributed by atoms with Gasteiger partial charge in [-0.25, -0.2) is 13.1 Å². The van der Waals surface area contributed by atoms with Gasteiger partial charge in [-0.1, -0.05) is 11.6 Å². The normalized spacial score (nSPS) is 13.3. The van der Waals surface area contributed by atoms with Gasteiger partial charge in [0, 0.05) is 29.9 Å². The summed E-state index contributed by atoms with van der Waals surface area (Å²) in [5.41, 5.74) is 1.64. The zero-order chi connectivity index (χ0) is 20.1. The number of methoxy groups -OCH3 is 1. The van der Waals surface area contributed by atoms with E-state index in [1.54, 1.807) is 24.3 Å². The quantitative estimate of drug-likeness (QED) is 0.669. The molecular formula is C19H19ClN2O5S. The number of amides is 1. The topological polar surface area (TPSA) is 93.7 Å². The van der Waals surface area contributed by atoms with Gasteiger partial charge in [-0.05, 0) is 48.5 Å². The SMILES string of the molecule is COCCNS(=O)(=O)c1ccc(NC(=O)C2=Cc3cc(Cl)ccc3OC2)cc1. The molecule has 2 aromatic carbocycles. The van der Waals surface area contributed by atoms with Crippen molar-refractivity contribution in [1.82, 2.24) is 4.72 Å². The Labute approximate surface area is 168 Å². The molecule has 0 fully saturated rings. The number of carbonyl (C=O) groups is 1. The molecule has 9 heteroatoms. The van der Waals surface area contributed by atoms with Crippen LogP contribution in [0.15, 0.2) is 52.9 Å². The van der Waals surface area contributed by atoms with Crippen LogP contribution in [-0.4, -0.2) is 41.2 Å². The second-order valence-corrected chi connectivity index (χ2v) is 8.21. The summed E-state index contributed by atoms with van der Waals surface area (Å²) in [6.45, 7) is 0.589. The largest absolute Gasteiger partial charge is 0.488 e. The third-order valence-corrected chi connectivity index (χ3v) is 5.71. The lowest BCUT2D eigenvalue weighted by Crippen LogP contribution is -2.27. The Bertz CT molecular complexity index is 1000. The van der Waals surface area contributed by atoms with Crippen molar-refractivity contribution >= 4 is 39.3 Å². The van der Waals surface area contributed by atoms with E-state index in [-0.39, 0.29) is 30.6 Å². The van der Waals surface area contributed by atoms with Gasteiger partial charge in [0.15, 0.2) is 0 Å². The minimum Gasteiger partial charge on any atom is -0.488 e. The molecule has 148 valence electrons. The molecule has 0 spiro atoms. The van der Waals surface area contributed by atoms with Crippen molar-refractivity contribution in [2.24, 2.45) is 0 Å². The van der Waals surface area contributed by atoms with Crippen LogP contribution >= 0.6 is 11.6 Å². The van der Waals surface area contributed by atoms with Gasteiger partial charge < -0.3 is 14.8 Å². The minimum absolute atomic E-state index is 0.102. The standard InChI is InChI=1S/C19H19ClN2O5S/c1-26-9-8-21-28(24,25)17-5-3-16(4-6-17)22-19(23)14-10-13-11-15(20)2-7-18(13)27-12-14/h2-7,10-11,21H,8-9,12H2,1H3,(H,22,23). The first-order valence-corrected chi connectivity index (χ1v) is 10.3. The molecule has 2 N–H and O–H groups in total. The highest BCUT2D eigenvalue weighted by molar-refractivity contribution is 7.89. The van der Waals surface area contributed by atoms with Gasteiger partial charge in [0.25, 0.3) is 5.91 Å². The predicted octanol–water partition coefficient (Wildman–Crippen LogP) is 2.68. The highest BCUT2D eigenvalue weighted by Crippen LogP contribution is 2.29. The summed E-state index contributed by atoms with van der Waals surface area (Å²) < 4.78 is 37.1. The van der Waals surface area contributed by atoms with Gasteiger partial charge in [-0.2, -0.15) is 0 Å². The molecule has 1 aliphatic heterocycles. The second kappa shape index (κ2) is 8.74. The summed E-state index contributed by atoms with van der Waals surface area (Å²) in [6.07, 6.45) is 1.72. The highest BCUT2D eigenvalue weighted by atomic mass is 35.5. The lowest BCUT2D eigenvalue weighted by Gasteiger charge is -2.18. The van der Waals surface area contributed by atoms with Crippen molar-refractivity contribution < 1.29 is 22.7 Å². The van der Waals surface area contributed by atoms with Crippen LogP contribution in [0.4, 0.5) is 5.69 Å². The molecule has 1 amide bonds. The Kier molecular flexibility index (Phi) is 6.35. The van der Waals surface area contributed by atoms with Gasteiger partial charge in [0.2, 0.25) is 10.0 Å². The molecule has 1 aliphatic rings. The molecule has 3 rings (SSSR count). The molecule has 0 saturated carbocycles. The van der Waals surface area contributed by atoms with Crippen molar-refractivity contribution in [3.8, 4) is 5.75 Å². The maximum absolute atomic E-state index is 12.5. The van der Waals surface area contributed by atoms with Crippen molar-refractivity contribution in [3.05, 3.63) is 58.6 Å². The van der Waals surface area contributed by atoms with Crippen LogP contribution in [-0.2, 0) is 19.6 Å². The summed E-state index contributed by atoms with van der Waals surface area (Å²) in [7, 11) is -2.13. The van der Waals surface area contributed by atoms with Crippen LogP contribution in [0.1, 0.15) is 5.56 Å². The number of benzene rings is 2. The summed E-state index contributed by atoms with van der Waals surface area (Å²) in [4.78, 5) is 12.6. The van der Waals surface area contributed by atoms with Crippen LogP contribution in [0, 0.1) is 0 Å². The molecule has 0 radical (unpaired) electrons. The number of halogens is 1. The number of sulfonamides is 1. The molecule has 1 heterocycles. The minimum atomic E-state index is -3.62. The highest BCUT2D eigenvalue weighted by Gasteiger charge is 2.18. The van der Waals surface area contributed by atoms with Gasteiger partial charge in [0.1, 0.15) is 12.4 Å². The lowest BCUT2D eigenvalue weighted by atomic mass is 10.1. The molecule has 2 aromatic rings. The summed E-state index contributed by atoms with van der Waals surface area (Å²) in [5, 5.41) is 3.28. The monoisotopic (exact) mass is 422 g/mol. The smallest absolute Gasteiger partial charge is 0.255 e. The summed E-state index contributed by atoms with van der Waals surface area (Å²) in [5.74, 6) is 0.330. The first-order chi connectivity index (χ1) is 13.4. The fraction of sp³-hybridized carbons (Fsp3) is 0.211. The van der Waals surface area contributed by atoms with Crippen LogP contribution in [0.5, 0.6) is 5.75 Å². The van der Waals surface area contributed by atoms with Gasteiger partial charge in [-0.15, -0.1) is 0 Å². The number of nitrogens with one attached hydrogen (secondary N) is 2. The number of ether oxygens (including phenoxy) is 2. The molecule has 0 bridgehead atoms. The molecule has 0 atom stereocenters. The van der Waals surface area contributed by atoms with Gasteiger partial charge in [0.05, 0.1) is 17.1 Å². The van der Waals surface area contributed by atoms with Crippen LogP contribution < -0.4 is 14.8 Å². The Balaban J connectivity index is 1.68. The maximum Gasteiger partial charge on any atom is 0.255 e. The first-order valence-electron chi connectivity index (χ1n) is 8.42. The molecule has 0 unspecified atom stereocenters. The van der Waals surface area contributed by atoms with Crippen LogP contribution in [0.3, 0.4) is 0 Å². The number of anilines is 1. The number of hydrogen-bond acceptors (Lipinski definition) is 5. The van der Waals surface area contributed by atoms with Crippen molar-refractivity contribution in [1.29, 1.82) is 0 Å². The third-order valence-electron chi connectivity index (χ3n) is 4.00. The average Bonchev–Trinajstić information content (AvgIpc) is 2.68. The molecule has 0 aromatic heterocycles. The zero-order valence-corrected chi connectivity index (χ0v) is 16.6. The summed E-state index contributed by atoms with van der Waals surface area (Å²) in [6, 6.07) is 11.1. The van der Waals surface area contributed by atoms with E-state index < -0.39 is 10.0 Å². The summed E-state index contributed by atoms with van der Waals surface area (Å²) >= 11 is 5.98. The van der Waals surface area contributed by atoms with E-state index in [0.29, 0.717) is 22.0 Å².